The average Bonchev–Trinajstić information content (AvgIpc) is 2.94. The summed E-state index contributed by atoms with van der Waals surface area (Å²) in [4.78, 5) is 25.9. The lowest BCUT2D eigenvalue weighted by atomic mass is 9.98. The third-order valence-electron chi connectivity index (χ3n) is 4.03. The van der Waals surface area contributed by atoms with Gasteiger partial charge in [0.2, 0.25) is 5.12 Å². The van der Waals surface area contributed by atoms with Gasteiger partial charge in [0, 0.05) is 23.4 Å². The van der Waals surface area contributed by atoms with Crippen LogP contribution < -0.4 is 0 Å². The molecule has 27 heavy (non-hydrogen) atoms. The highest BCUT2D eigenvalue weighted by atomic mass is 35.5. The Balaban J connectivity index is 0.000000465. The summed E-state index contributed by atoms with van der Waals surface area (Å²) in [7, 11) is -3.28. The van der Waals surface area contributed by atoms with Gasteiger partial charge in [-0.25, -0.2) is 4.79 Å². The number of carbonyl (C=O) groups is 2. The minimum Gasteiger partial charge on any atom is -0.468 e. The van der Waals surface area contributed by atoms with E-state index in [9.17, 15) is 9.59 Å². The number of hydrogen-bond acceptors (Lipinski definition) is 7. The van der Waals surface area contributed by atoms with E-state index in [2.05, 4.69) is 0 Å². The number of thioether (sulfide) groups is 1. The first-order valence-electron chi connectivity index (χ1n) is 7.77. The van der Waals surface area contributed by atoms with Crippen LogP contribution in [0.3, 0.4) is 0 Å². The Kier molecular flexibility index (Phi) is 7.43. The van der Waals surface area contributed by atoms with Crippen LogP contribution in [0.25, 0.3) is 0 Å². The number of halogens is 1. The molecule has 0 amide bonds. The van der Waals surface area contributed by atoms with Gasteiger partial charge in [-0.3, -0.25) is 18.8 Å². The van der Waals surface area contributed by atoms with Crippen molar-refractivity contribution in [1.82, 2.24) is 4.90 Å². The number of methoxy groups -OCH3 is 1. The Morgan fingerprint density at radius 3 is 2.59 bits per heavy atom. The SMILES string of the molecule is COC(=O)[C@H](c1ccccc1Cl)N1CC[C@@H]2SC(=O)C=C2C1.O=S(=O)(O)O. The normalized spacial score (nSPS) is 20.8. The quantitative estimate of drug-likeness (QED) is 0.543. The predicted molar refractivity (Wildman–Crippen MR) is 101 cm³/mol. The standard InChI is InChI=1S/C16H16ClNO3S.H2O4S/c1-21-16(20)15(11-4-2-3-5-12(11)17)18-7-6-13-10(9-18)8-14(19)22-13;1-5(2,3)4/h2-5,8,13,15H,6-7,9H2,1H3;(H2,1,2,3,4)/t13-,15-;/m0./s1. The molecule has 8 nitrogen and oxygen atoms in total. The first kappa shape index (κ1) is 21.9. The molecule has 0 aromatic heterocycles. The van der Waals surface area contributed by atoms with E-state index in [1.54, 1.807) is 12.1 Å². The molecule has 2 N–H and O–H groups in total. The highest BCUT2D eigenvalue weighted by Gasteiger charge is 2.37. The smallest absolute Gasteiger partial charge is 0.394 e. The van der Waals surface area contributed by atoms with Gasteiger partial charge in [-0.2, -0.15) is 8.42 Å². The zero-order valence-electron chi connectivity index (χ0n) is 14.2. The van der Waals surface area contributed by atoms with Crippen molar-refractivity contribution in [3.8, 4) is 0 Å². The van der Waals surface area contributed by atoms with Crippen LogP contribution in [-0.2, 0) is 24.7 Å². The summed E-state index contributed by atoms with van der Waals surface area (Å²) in [6.45, 7) is 1.32. The fourth-order valence-corrected chi connectivity index (χ4v) is 4.24. The lowest BCUT2D eigenvalue weighted by Gasteiger charge is -2.36. The number of nitrogens with zero attached hydrogens (tertiary/aromatic N) is 1. The van der Waals surface area contributed by atoms with Crippen LogP contribution in [0, 0.1) is 0 Å². The Hall–Kier alpha value is -1.43. The monoisotopic (exact) mass is 435 g/mol. The summed E-state index contributed by atoms with van der Waals surface area (Å²) in [6.07, 6.45) is 2.54. The van der Waals surface area contributed by atoms with Crippen molar-refractivity contribution in [2.24, 2.45) is 0 Å². The van der Waals surface area contributed by atoms with Crippen molar-refractivity contribution in [1.29, 1.82) is 0 Å². The molecule has 2 aliphatic heterocycles. The second-order valence-corrected chi connectivity index (χ2v) is 8.31. The second-order valence-electron chi connectivity index (χ2n) is 5.80. The number of carbonyl (C=O) groups excluding carboxylic acids is 2. The number of rotatable bonds is 3. The summed E-state index contributed by atoms with van der Waals surface area (Å²) in [5.41, 5.74) is 1.83. The number of fused-ring (bicyclic) bond motifs is 1. The van der Waals surface area contributed by atoms with E-state index in [1.807, 2.05) is 23.1 Å². The molecule has 148 valence electrons. The van der Waals surface area contributed by atoms with Gasteiger partial charge in [-0.1, -0.05) is 41.6 Å². The maximum atomic E-state index is 12.3. The molecule has 11 heteroatoms. The van der Waals surface area contributed by atoms with Crippen molar-refractivity contribution < 1.29 is 31.8 Å². The Bertz CT molecular complexity index is 848. The first-order chi connectivity index (χ1) is 12.6. The third kappa shape index (κ3) is 6.30. The predicted octanol–water partition coefficient (Wildman–Crippen LogP) is 2.18. The van der Waals surface area contributed by atoms with Gasteiger partial charge in [0.15, 0.2) is 0 Å². The molecule has 3 rings (SSSR count). The first-order valence-corrected chi connectivity index (χ1v) is 10.4. The fourth-order valence-electron chi connectivity index (χ4n) is 2.98. The molecule has 1 aromatic carbocycles. The number of hydrogen-bond donors (Lipinski definition) is 2. The van der Waals surface area contributed by atoms with Crippen molar-refractivity contribution in [2.75, 3.05) is 20.2 Å². The molecule has 0 aliphatic carbocycles. The Labute approximate surface area is 166 Å². The van der Waals surface area contributed by atoms with Gasteiger partial charge in [-0.05, 0) is 29.7 Å². The molecule has 1 fully saturated rings. The molecule has 0 bridgehead atoms. The fraction of sp³-hybridized carbons (Fsp3) is 0.375. The Morgan fingerprint density at radius 2 is 2.00 bits per heavy atom. The second kappa shape index (κ2) is 9.18. The highest BCUT2D eigenvalue weighted by Crippen LogP contribution is 2.38. The maximum absolute atomic E-state index is 12.3. The van der Waals surface area contributed by atoms with Crippen LogP contribution in [-0.4, -0.2) is 59.0 Å². The molecular formula is C16H18ClNO7S2. The lowest BCUT2D eigenvalue weighted by Crippen LogP contribution is -2.42. The van der Waals surface area contributed by atoms with E-state index in [1.165, 1.54) is 18.9 Å². The molecule has 2 atom stereocenters. The summed E-state index contributed by atoms with van der Waals surface area (Å²) < 4.78 is 36.6. The van der Waals surface area contributed by atoms with Crippen molar-refractivity contribution >= 4 is 44.8 Å². The van der Waals surface area contributed by atoms with Crippen molar-refractivity contribution in [3.63, 3.8) is 0 Å². The molecule has 1 saturated heterocycles. The van der Waals surface area contributed by atoms with E-state index in [-0.39, 0.29) is 16.3 Å². The molecule has 1 aromatic rings. The van der Waals surface area contributed by atoms with Gasteiger partial charge < -0.3 is 4.74 Å². The third-order valence-corrected chi connectivity index (χ3v) is 5.55. The summed E-state index contributed by atoms with van der Waals surface area (Å²) in [6, 6.07) is 6.77. The zero-order valence-corrected chi connectivity index (χ0v) is 16.6. The molecule has 0 radical (unpaired) electrons. The Morgan fingerprint density at radius 1 is 1.37 bits per heavy atom. The average molecular weight is 436 g/mol. The van der Waals surface area contributed by atoms with Crippen LogP contribution >= 0.6 is 23.4 Å². The van der Waals surface area contributed by atoms with Gasteiger partial charge in [0.25, 0.3) is 0 Å². The minimum atomic E-state index is -4.67. The molecule has 0 spiro atoms. The van der Waals surface area contributed by atoms with Crippen LogP contribution in [0.2, 0.25) is 5.02 Å². The van der Waals surface area contributed by atoms with Crippen LogP contribution in [0.1, 0.15) is 18.0 Å². The minimum absolute atomic E-state index is 0.106. The topological polar surface area (TPSA) is 121 Å². The summed E-state index contributed by atoms with van der Waals surface area (Å²) in [5, 5.41) is 0.911. The number of piperidine rings is 1. The van der Waals surface area contributed by atoms with E-state index < -0.39 is 16.4 Å². The number of benzene rings is 1. The molecule has 2 heterocycles. The zero-order chi connectivity index (χ0) is 20.2. The number of ether oxygens (including phenoxy) is 1. The summed E-state index contributed by atoms with van der Waals surface area (Å²) in [5.74, 6) is -0.330. The van der Waals surface area contributed by atoms with E-state index in [0.717, 1.165) is 24.1 Å². The van der Waals surface area contributed by atoms with Crippen molar-refractivity contribution in [2.45, 2.75) is 17.7 Å². The lowest BCUT2D eigenvalue weighted by molar-refractivity contribution is -0.147. The van der Waals surface area contributed by atoms with E-state index in [0.29, 0.717) is 11.6 Å². The molecule has 0 saturated carbocycles. The maximum Gasteiger partial charge on any atom is 0.394 e. The van der Waals surface area contributed by atoms with Gasteiger partial charge in [-0.15, -0.1) is 0 Å². The van der Waals surface area contributed by atoms with Crippen LogP contribution in [0.15, 0.2) is 35.9 Å². The van der Waals surface area contributed by atoms with Gasteiger partial charge in [0.05, 0.1) is 7.11 Å². The highest BCUT2D eigenvalue weighted by molar-refractivity contribution is 8.15. The number of esters is 1. The van der Waals surface area contributed by atoms with Gasteiger partial charge >= 0.3 is 16.4 Å². The van der Waals surface area contributed by atoms with Crippen LogP contribution in [0.4, 0.5) is 0 Å². The molecule has 2 aliphatic rings. The van der Waals surface area contributed by atoms with E-state index in [4.69, 9.17) is 33.9 Å². The number of likely N-dealkylation sites (tertiary alicyclic amines) is 1. The van der Waals surface area contributed by atoms with E-state index >= 15 is 0 Å². The van der Waals surface area contributed by atoms with Gasteiger partial charge in [0.1, 0.15) is 6.04 Å². The summed E-state index contributed by atoms with van der Waals surface area (Å²) >= 11 is 7.64. The largest absolute Gasteiger partial charge is 0.468 e. The van der Waals surface area contributed by atoms with Crippen molar-refractivity contribution in [3.05, 3.63) is 46.5 Å². The molecular weight excluding hydrogens is 418 g/mol. The molecule has 0 unspecified atom stereocenters. The van der Waals surface area contributed by atoms with Crippen LogP contribution in [0.5, 0.6) is 0 Å².